The van der Waals surface area contributed by atoms with E-state index >= 15 is 0 Å². The molecule has 7 nitrogen and oxygen atoms in total. The summed E-state index contributed by atoms with van der Waals surface area (Å²) in [5.74, 6) is -1.22. The first-order valence-corrected chi connectivity index (χ1v) is 6.53. The monoisotopic (exact) mass is 338 g/mol. The Morgan fingerprint density at radius 1 is 1.40 bits per heavy atom. The van der Waals surface area contributed by atoms with Crippen LogP contribution in [0.25, 0.3) is 0 Å². The average molecular weight is 339 g/mol. The highest BCUT2D eigenvalue weighted by atomic mass is 79.9. The van der Waals surface area contributed by atoms with Gasteiger partial charge in [0.25, 0.3) is 5.91 Å². The third kappa shape index (κ3) is 3.02. The number of carbonyl (C=O) groups excluding carboxylic acids is 1. The highest BCUT2D eigenvalue weighted by Gasteiger charge is 2.25. The van der Waals surface area contributed by atoms with Crippen molar-refractivity contribution in [3.63, 3.8) is 0 Å². The Kier molecular flexibility index (Phi) is 4.14. The van der Waals surface area contributed by atoms with Gasteiger partial charge >= 0.3 is 5.82 Å². The number of hydrogen-bond donors (Lipinski definition) is 1. The predicted molar refractivity (Wildman–Crippen MR) is 75.2 cm³/mol. The minimum Gasteiger partial charge on any atom is -0.365 e. The van der Waals surface area contributed by atoms with E-state index in [0.29, 0.717) is 13.0 Å². The zero-order valence-corrected chi connectivity index (χ0v) is 11.9. The molecule has 1 amide bonds. The van der Waals surface area contributed by atoms with Gasteiger partial charge in [-0.3, -0.25) is 4.79 Å². The molecule has 0 aliphatic carbocycles. The van der Waals surface area contributed by atoms with Crippen LogP contribution in [-0.2, 0) is 13.0 Å². The fourth-order valence-electron chi connectivity index (χ4n) is 1.80. The summed E-state index contributed by atoms with van der Waals surface area (Å²) in [6.07, 6.45) is 1.69. The van der Waals surface area contributed by atoms with E-state index in [4.69, 9.17) is 5.73 Å². The Labute approximate surface area is 122 Å². The first-order valence-electron chi connectivity index (χ1n) is 5.73. The smallest absolute Gasteiger partial charge is 0.357 e. The van der Waals surface area contributed by atoms with E-state index in [1.165, 1.54) is 4.68 Å². The fraction of sp³-hybridized carbons (Fsp3) is 0.167. The van der Waals surface area contributed by atoms with Gasteiger partial charge < -0.3 is 15.8 Å². The normalized spacial score (nSPS) is 10.4. The van der Waals surface area contributed by atoms with Crippen LogP contribution in [0.15, 0.2) is 34.9 Å². The van der Waals surface area contributed by atoms with Gasteiger partial charge in [-0.05, 0) is 22.6 Å². The minimum atomic E-state index is -0.855. The molecule has 104 valence electrons. The topological polar surface area (TPSA) is 104 Å². The number of aromatic nitrogens is 2. The van der Waals surface area contributed by atoms with Crippen molar-refractivity contribution in [3.8, 4) is 0 Å². The Bertz CT molecular complexity index is 651. The number of nitrogens with two attached hydrogens (primary N) is 1. The number of halogens is 1. The molecule has 0 radical (unpaired) electrons. The molecule has 0 spiro atoms. The highest BCUT2D eigenvalue weighted by Crippen LogP contribution is 2.18. The Balaban J connectivity index is 2.19. The van der Waals surface area contributed by atoms with E-state index in [1.54, 1.807) is 0 Å². The van der Waals surface area contributed by atoms with Crippen molar-refractivity contribution in [2.75, 3.05) is 0 Å². The van der Waals surface area contributed by atoms with Gasteiger partial charge in [-0.2, -0.15) is 0 Å². The number of benzene rings is 1. The van der Waals surface area contributed by atoms with Crippen LogP contribution in [0, 0.1) is 10.1 Å². The van der Waals surface area contributed by atoms with Gasteiger partial charge in [0, 0.05) is 10.9 Å². The number of aryl methyl sites for hydroxylation is 2. The van der Waals surface area contributed by atoms with E-state index in [1.807, 2.05) is 24.3 Å². The maximum Gasteiger partial charge on any atom is 0.357 e. The van der Waals surface area contributed by atoms with Crippen LogP contribution in [0.3, 0.4) is 0 Å². The minimum absolute atomic E-state index is 0.175. The fourth-order valence-corrected chi connectivity index (χ4v) is 2.06. The van der Waals surface area contributed by atoms with Gasteiger partial charge in [-0.25, -0.2) is 0 Å². The van der Waals surface area contributed by atoms with Crippen molar-refractivity contribution < 1.29 is 9.72 Å². The SMILES string of the molecule is NC(=O)c1cnn(CCc2ccc(Br)cc2)c1[N+](=O)[O-]. The van der Waals surface area contributed by atoms with Crippen LogP contribution in [0.2, 0.25) is 0 Å². The summed E-state index contributed by atoms with van der Waals surface area (Å²) >= 11 is 3.33. The largest absolute Gasteiger partial charge is 0.365 e. The van der Waals surface area contributed by atoms with Gasteiger partial charge in [0.2, 0.25) is 0 Å². The second-order valence-electron chi connectivity index (χ2n) is 4.10. The molecule has 1 aromatic carbocycles. The van der Waals surface area contributed by atoms with E-state index in [-0.39, 0.29) is 11.4 Å². The van der Waals surface area contributed by atoms with Crippen LogP contribution < -0.4 is 5.73 Å². The van der Waals surface area contributed by atoms with E-state index in [0.717, 1.165) is 16.2 Å². The summed E-state index contributed by atoms with van der Waals surface area (Å²) in [6.45, 7) is 0.297. The van der Waals surface area contributed by atoms with Gasteiger partial charge in [-0.15, -0.1) is 4.68 Å². The molecule has 0 fully saturated rings. The molecule has 0 bridgehead atoms. The van der Waals surface area contributed by atoms with E-state index in [9.17, 15) is 14.9 Å². The van der Waals surface area contributed by atoms with Crippen LogP contribution in [0.1, 0.15) is 15.9 Å². The number of amides is 1. The van der Waals surface area contributed by atoms with Crippen molar-refractivity contribution in [1.82, 2.24) is 9.78 Å². The van der Waals surface area contributed by atoms with Crippen molar-refractivity contribution in [2.24, 2.45) is 5.73 Å². The quantitative estimate of drug-likeness (QED) is 0.663. The van der Waals surface area contributed by atoms with Crippen molar-refractivity contribution >= 4 is 27.7 Å². The number of carbonyl (C=O) groups is 1. The number of nitro groups is 1. The maximum absolute atomic E-state index is 11.1. The molecular weight excluding hydrogens is 328 g/mol. The van der Waals surface area contributed by atoms with Gasteiger partial charge in [0.1, 0.15) is 6.54 Å². The molecule has 1 aromatic heterocycles. The van der Waals surface area contributed by atoms with Crippen LogP contribution in [0.5, 0.6) is 0 Å². The standard InChI is InChI=1S/C12H11BrN4O3/c13-9-3-1-8(2-4-9)5-6-16-12(17(19)20)10(7-15-16)11(14)18/h1-4,7H,5-6H2,(H2,14,18). The van der Waals surface area contributed by atoms with Gasteiger partial charge in [-0.1, -0.05) is 33.2 Å². The highest BCUT2D eigenvalue weighted by molar-refractivity contribution is 9.10. The van der Waals surface area contributed by atoms with Crippen LogP contribution in [0.4, 0.5) is 5.82 Å². The summed E-state index contributed by atoms with van der Waals surface area (Å²) in [4.78, 5) is 21.5. The second-order valence-corrected chi connectivity index (χ2v) is 5.02. The first kappa shape index (κ1) is 14.2. The van der Waals surface area contributed by atoms with Crippen LogP contribution in [-0.4, -0.2) is 20.6 Å². The molecule has 8 heteroatoms. The summed E-state index contributed by atoms with van der Waals surface area (Å²) < 4.78 is 2.14. The lowest BCUT2D eigenvalue weighted by atomic mass is 10.1. The Morgan fingerprint density at radius 3 is 2.60 bits per heavy atom. The molecule has 1 heterocycles. The Morgan fingerprint density at radius 2 is 2.05 bits per heavy atom. The molecule has 2 rings (SSSR count). The van der Waals surface area contributed by atoms with E-state index < -0.39 is 10.8 Å². The van der Waals surface area contributed by atoms with E-state index in [2.05, 4.69) is 21.0 Å². The maximum atomic E-state index is 11.1. The van der Waals surface area contributed by atoms with Crippen molar-refractivity contribution in [2.45, 2.75) is 13.0 Å². The van der Waals surface area contributed by atoms with Gasteiger partial charge in [0.05, 0.1) is 6.20 Å². The van der Waals surface area contributed by atoms with Crippen LogP contribution >= 0.6 is 15.9 Å². The number of hydrogen-bond acceptors (Lipinski definition) is 4. The molecular formula is C12H11BrN4O3. The molecule has 2 N–H and O–H groups in total. The molecule has 0 atom stereocenters. The molecule has 0 unspecified atom stereocenters. The van der Waals surface area contributed by atoms with Crippen molar-refractivity contribution in [3.05, 3.63) is 56.2 Å². The summed E-state index contributed by atoms with van der Waals surface area (Å²) in [5, 5.41) is 14.9. The average Bonchev–Trinajstić information content (AvgIpc) is 2.82. The third-order valence-corrected chi connectivity index (χ3v) is 3.30. The number of rotatable bonds is 5. The zero-order valence-electron chi connectivity index (χ0n) is 10.3. The number of primary amides is 1. The molecule has 20 heavy (non-hydrogen) atoms. The molecule has 0 aliphatic rings. The summed E-state index contributed by atoms with van der Waals surface area (Å²) in [5.41, 5.74) is 5.93. The molecule has 0 aliphatic heterocycles. The predicted octanol–water partition coefficient (Wildman–Crippen LogP) is 1.90. The molecule has 2 aromatic rings. The number of nitrogens with zero attached hydrogens (tertiary/aromatic N) is 3. The van der Waals surface area contributed by atoms with Gasteiger partial charge in [0.15, 0.2) is 5.56 Å². The Hall–Kier alpha value is -2.22. The first-order chi connectivity index (χ1) is 9.49. The zero-order chi connectivity index (χ0) is 14.7. The second kappa shape index (κ2) is 5.83. The lowest BCUT2D eigenvalue weighted by Gasteiger charge is -2.02. The lowest BCUT2D eigenvalue weighted by Crippen LogP contribution is -2.14. The third-order valence-electron chi connectivity index (χ3n) is 2.78. The summed E-state index contributed by atoms with van der Waals surface area (Å²) in [7, 11) is 0. The molecule has 0 saturated carbocycles. The van der Waals surface area contributed by atoms with Crippen molar-refractivity contribution in [1.29, 1.82) is 0 Å². The summed E-state index contributed by atoms with van der Waals surface area (Å²) in [6, 6.07) is 7.60. The molecule has 0 saturated heterocycles. The lowest BCUT2D eigenvalue weighted by molar-refractivity contribution is -0.392.